The molecule has 1 aliphatic carbocycles. The van der Waals surface area contributed by atoms with E-state index >= 15 is 0 Å². The van der Waals surface area contributed by atoms with Gasteiger partial charge in [0.25, 0.3) is 5.56 Å². The molecule has 8 nitrogen and oxygen atoms in total. The van der Waals surface area contributed by atoms with Crippen LogP contribution in [0.3, 0.4) is 0 Å². The molecule has 0 unspecified atom stereocenters. The average molecular weight is 500 g/mol. The van der Waals surface area contributed by atoms with Gasteiger partial charge in [0.2, 0.25) is 0 Å². The Morgan fingerprint density at radius 3 is 2.65 bits per heavy atom. The molecule has 0 bridgehead atoms. The number of fused-ring (bicyclic) bond motifs is 1. The second-order valence-corrected chi connectivity index (χ2v) is 10.8. The summed E-state index contributed by atoms with van der Waals surface area (Å²) >= 11 is 0. The van der Waals surface area contributed by atoms with Crippen LogP contribution in [0, 0.1) is 19.8 Å². The number of benzene rings is 1. The van der Waals surface area contributed by atoms with Crippen molar-refractivity contribution in [2.45, 2.75) is 85.0 Å². The predicted molar refractivity (Wildman–Crippen MR) is 145 cm³/mol. The molecule has 1 aliphatic rings. The van der Waals surface area contributed by atoms with Gasteiger partial charge in [-0.3, -0.25) is 14.7 Å². The van der Waals surface area contributed by atoms with Crippen LogP contribution in [0.25, 0.3) is 10.9 Å². The van der Waals surface area contributed by atoms with Crippen LogP contribution in [0.2, 0.25) is 0 Å². The minimum absolute atomic E-state index is 0.0493. The largest absolute Gasteiger partial charge is 0.321 e. The highest BCUT2D eigenvalue weighted by Gasteiger charge is 2.32. The van der Waals surface area contributed by atoms with E-state index < -0.39 is 0 Å². The van der Waals surface area contributed by atoms with Crippen molar-refractivity contribution >= 4 is 10.9 Å². The van der Waals surface area contributed by atoms with Crippen molar-refractivity contribution in [3.63, 3.8) is 0 Å². The summed E-state index contributed by atoms with van der Waals surface area (Å²) < 4.78 is 2.07. The number of aryl methyl sites for hydroxylation is 2. The van der Waals surface area contributed by atoms with Crippen molar-refractivity contribution in [1.82, 2.24) is 35.1 Å². The number of hydrogen-bond acceptors (Lipinski definition) is 6. The summed E-state index contributed by atoms with van der Waals surface area (Å²) in [7, 11) is 0. The zero-order chi connectivity index (χ0) is 25.9. The zero-order valence-corrected chi connectivity index (χ0v) is 22.3. The van der Waals surface area contributed by atoms with Gasteiger partial charge in [-0.1, -0.05) is 51.3 Å². The lowest BCUT2D eigenvalue weighted by atomic mass is 9.94. The number of rotatable bonds is 8. The quantitative estimate of drug-likeness (QED) is 0.347. The van der Waals surface area contributed by atoms with Crippen LogP contribution < -0.4 is 5.56 Å². The van der Waals surface area contributed by atoms with E-state index in [9.17, 15) is 4.79 Å². The number of aromatic amines is 1. The Hall–Kier alpha value is -3.39. The highest BCUT2D eigenvalue weighted by molar-refractivity contribution is 5.83. The summed E-state index contributed by atoms with van der Waals surface area (Å²) in [4.78, 5) is 23.2. The van der Waals surface area contributed by atoms with Gasteiger partial charge in [-0.25, -0.2) is 4.68 Å². The summed E-state index contributed by atoms with van der Waals surface area (Å²) in [6, 6.07) is 10.5. The van der Waals surface area contributed by atoms with Crippen molar-refractivity contribution in [3.8, 4) is 0 Å². The third kappa shape index (κ3) is 5.34. The molecule has 8 heteroatoms. The average Bonchev–Trinajstić information content (AvgIpc) is 3.37. The fourth-order valence-corrected chi connectivity index (χ4v) is 5.75. The van der Waals surface area contributed by atoms with Gasteiger partial charge in [0.1, 0.15) is 0 Å². The molecule has 4 aromatic rings. The van der Waals surface area contributed by atoms with Gasteiger partial charge in [0.15, 0.2) is 5.82 Å². The van der Waals surface area contributed by atoms with Crippen LogP contribution in [-0.4, -0.2) is 35.1 Å². The molecule has 0 aliphatic heterocycles. The lowest BCUT2D eigenvalue weighted by Gasteiger charge is -2.35. The van der Waals surface area contributed by atoms with E-state index in [1.54, 1.807) is 6.20 Å². The van der Waals surface area contributed by atoms with Crippen LogP contribution in [0.4, 0.5) is 0 Å². The monoisotopic (exact) mass is 499 g/mol. The second-order valence-electron chi connectivity index (χ2n) is 10.8. The Labute approximate surface area is 218 Å². The lowest BCUT2D eigenvalue weighted by molar-refractivity contribution is 0.121. The summed E-state index contributed by atoms with van der Waals surface area (Å²) in [6.45, 7) is 9.66. The maximum Gasteiger partial charge on any atom is 0.252 e. The molecule has 5 rings (SSSR count). The van der Waals surface area contributed by atoms with Crippen LogP contribution in [0.1, 0.15) is 86.1 Å². The molecule has 194 valence electrons. The van der Waals surface area contributed by atoms with Crippen LogP contribution >= 0.6 is 0 Å². The number of hydrogen-bond donors (Lipinski definition) is 1. The Kier molecular flexibility index (Phi) is 7.46. The highest BCUT2D eigenvalue weighted by atomic mass is 16.1. The number of nitrogens with zero attached hydrogens (tertiary/aromatic N) is 6. The van der Waals surface area contributed by atoms with Crippen molar-refractivity contribution < 1.29 is 0 Å². The smallest absolute Gasteiger partial charge is 0.252 e. The maximum absolute atomic E-state index is 13.3. The first kappa shape index (κ1) is 25.3. The summed E-state index contributed by atoms with van der Waals surface area (Å²) in [5, 5.41) is 14.2. The molecule has 0 spiro atoms. The van der Waals surface area contributed by atoms with E-state index in [0.717, 1.165) is 46.3 Å². The third-order valence-corrected chi connectivity index (χ3v) is 7.84. The molecule has 1 fully saturated rings. The van der Waals surface area contributed by atoms with Gasteiger partial charge >= 0.3 is 0 Å². The van der Waals surface area contributed by atoms with Gasteiger partial charge in [-0.2, -0.15) is 0 Å². The van der Waals surface area contributed by atoms with Crippen molar-refractivity contribution in [2.24, 2.45) is 5.92 Å². The normalized spacial score (nSPS) is 15.6. The molecular weight excluding hydrogens is 462 g/mol. The summed E-state index contributed by atoms with van der Waals surface area (Å²) in [6.07, 6.45) is 9.59. The van der Waals surface area contributed by atoms with Crippen molar-refractivity contribution in [2.75, 3.05) is 0 Å². The number of pyridine rings is 2. The van der Waals surface area contributed by atoms with Crippen molar-refractivity contribution in [3.05, 3.63) is 81.2 Å². The summed E-state index contributed by atoms with van der Waals surface area (Å²) in [5.74, 6) is 1.11. The number of nitrogens with one attached hydrogen (secondary N) is 1. The first-order valence-corrected chi connectivity index (χ1v) is 13.4. The van der Waals surface area contributed by atoms with E-state index in [0.29, 0.717) is 19.1 Å². The van der Waals surface area contributed by atoms with Crippen LogP contribution in [0.5, 0.6) is 0 Å². The van der Waals surface area contributed by atoms with Gasteiger partial charge in [0.05, 0.1) is 17.6 Å². The Bertz CT molecular complexity index is 1400. The fourth-order valence-electron chi connectivity index (χ4n) is 5.75. The van der Waals surface area contributed by atoms with E-state index in [1.165, 1.54) is 24.8 Å². The Balaban J connectivity index is 1.56. The standard InChI is InChI=1S/C29H37N7O/c1-19(2)27(28-32-33-34-36(28)25-10-6-5-7-11-25)35(17-22-9-8-14-30-16-22)18-24-15-23-13-12-20(3)21(4)26(23)31-29(24)37/h8-9,12-16,19,25,27H,5-7,10-11,17-18H2,1-4H3,(H,31,37)/t27-/m1/s1. The molecule has 0 amide bonds. The topological polar surface area (TPSA) is 92.6 Å². The van der Waals surface area contributed by atoms with Gasteiger partial charge in [0, 0.05) is 31.0 Å². The number of aromatic nitrogens is 6. The SMILES string of the molecule is Cc1ccc2cc(CN(Cc3cccnc3)[C@@H](c3nnnn3C3CCCCC3)C(C)C)c(=O)[nH]c2c1C. The predicted octanol–water partition coefficient (Wildman–Crippen LogP) is 5.43. The highest BCUT2D eigenvalue weighted by Crippen LogP contribution is 2.34. The van der Waals surface area contributed by atoms with Gasteiger partial charge in [-0.15, -0.1) is 5.10 Å². The summed E-state index contributed by atoms with van der Waals surface area (Å²) in [5.41, 5.74) is 4.97. The fraction of sp³-hybridized carbons (Fsp3) is 0.483. The van der Waals surface area contributed by atoms with Crippen LogP contribution in [0.15, 0.2) is 47.5 Å². The third-order valence-electron chi connectivity index (χ3n) is 7.84. The Morgan fingerprint density at radius 1 is 1.11 bits per heavy atom. The molecule has 1 aromatic carbocycles. The van der Waals surface area contributed by atoms with Crippen LogP contribution in [-0.2, 0) is 13.1 Å². The first-order chi connectivity index (χ1) is 17.9. The molecule has 1 atom stereocenters. The van der Waals surface area contributed by atoms with Gasteiger partial charge < -0.3 is 4.98 Å². The van der Waals surface area contributed by atoms with Gasteiger partial charge in [-0.05, 0) is 77.2 Å². The van der Waals surface area contributed by atoms with Crippen molar-refractivity contribution in [1.29, 1.82) is 0 Å². The lowest BCUT2D eigenvalue weighted by Crippen LogP contribution is -2.36. The van der Waals surface area contributed by atoms with E-state index in [1.807, 2.05) is 18.3 Å². The Morgan fingerprint density at radius 2 is 1.92 bits per heavy atom. The molecule has 1 N–H and O–H groups in total. The molecular formula is C29H37N7O. The molecule has 0 saturated heterocycles. The molecule has 0 radical (unpaired) electrons. The second kappa shape index (κ2) is 10.9. The minimum Gasteiger partial charge on any atom is -0.321 e. The number of H-pyrrole nitrogens is 1. The zero-order valence-electron chi connectivity index (χ0n) is 22.3. The molecule has 3 aromatic heterocycles. The maximum atomic E-state index is 13.3. The molecule has 3 heterocycles. The van der Waals surface area contributed by atoms with E-state index in [-0.39, 0.29) is 17.5 Å². The van der Waals surface area contributed by atoms with E-state index in [4.69, 9.17) is 0 Å². The van der Waals surface area contributed by atoms with E-state index in [2.05, 4.69) is 81.0 Å². The molecule has 1 saturated carbocycles. The number of tetrazole rings is 1. The molecule has 37 heavy (non-hydrogen) atoms. The first-order valence-electron chi connectivity index (χ1n) is 13.4. The minimum atomic E-state index is -0.0630.